The van der Waals surface area contributed by atoms with Crippen molar-refractivity contribution in [1.82, 2.24) is 0 Å². The molecule has 0 N–H and O–H groups in total. The highest BCUT2D eigenvalue weighted by molar-refractivity contribution is 7.98. The zero-order valence-electron chi connectivity index (χ0n) is 12.6. The Kier molecular flexibility index (Phi) is 5.34. The Bertz CT molecular complexity index is 712. The maximum Gasteiger partial charge on any atom is 0.161 e. The molecule has 0 aliphatic rings. The molecule has 2 aromatic rings. The van der Waals surface area contributed by atoms with Gasteiger partial charge >= 0.3 is 0 Å². The van der Waals surface area contributed by atoms with E-state index in [1.165, 1.54) is 19.1 Å². The molecule has 0 fully saturated rings. The summed E-state index contributed by atoms with van der Waals surface area (Å²) in [6, 6.07) is 13.9. The minimum absolute atomic E-state index is 0.0737. The summed E-state index contributed by atoms with van der Waals surface area (Å²) in [7, 11) is 0. The number of halogens is 1. The fourth-order valence-electron chi connectivity index (χ4n) is 2.30. The van der Waals surface area contributed by atoms with Gasteiger partial charge in [0.25, 0.3) is 0 Å². The van der Waals surface area contributed by atoms with Crippen molar-refractivity contribution in [2.75, 3.05) is 6.26 Å². The molecule has 0 aromatic heterocycles. The fourth-order valence-corrected chi connectivity index (χ4v) is 2.71. The second-order valence-corrected chi connectivity index (χ2v) is 5.66. The van der Waals surface area contributed by atoms with Crippen molar-refractivity contribution in [3.8, 4) is 0 Å². The number of carbonyl (C=O) groups excluding carboxylic acids is 1. The standard InChI is InChI=1S/C19H17FOS/c1-4-18(14-7-11-17(22-3)12-8-14)19(13(2)21)15-5-9-16(20)10-6-15/h4-12H,1H2,2-3H3/b19-18-. The van der Waals surface area contributed by atoms with Crippen LogP contribution >= 0.6 is 11.8 Å². The zero-order valence-corrected chi connectivity index (χ0v) is 13.4. The lowest BCUT2D eigenvalue weighted by atomic mass is 9.92. The minimum Gasteiger partial charge on any atom is -0.294 e. The predicted molar refractivity (Wildman–Crippen MR) is 92.3 cm³/mol. The molecule has 0 aliphatic heterocycles. The van der Waals surface area contributed by atoms with E-state index in [0.717, 1.165) is 16.0 Å². The van der Waals surface area contributed by atoms with E-state index in [2.05, 4.69) is 6.58 Å². The average Bonchev–Trinajstić information content (AvgIpc) is 2.53. The number of carbonyl (C=O) groups is 1. The quantitative estimate of drug-likeness (QED) is 0.325. The molecule has 0 bridgehead atoms. The van der Waals surface area contributed by atoms with Crippen LogP contribution in [0.2, 0.25) is 0 Å². The number of Topliss-reactive ketones (excluding diaryl/α,β-unsaturated/α-hetero) is 1. The van der Waals surface area contributed by atoms with Crippen molar-refractivity contribution in [3.63, 3.8) is 0 Å². The van der Waals surface area contributed by atoms with Gasteiger partial charge in [-0.3, -0.25) is 4.79 Å². The van der Waals surface area contributed by atoms with Gasteiger partial charge in [0.15, 0.2) is 5.78 Å². The summed E-state index contributed by atoms with van der Waals surface area (Å²) >= 11 is 1.66. The SMILES string of the molecule is C=C/C(=C(\C(C)=O)c1ccc(F)cc1)c1ccc(SC)cc1. The number of benzene rings is 2. The van der Waals surface area contributed by atoms with Crippen LogP contribution in [0.3, 0.4) is 0 Å². The summed E-state index contributed by atoms with van der Waals surface area (Å²) < 4.78 is 13.1. The van der Waals surface area contributed by atoms with Gasteiger partial charge in [-0.15, -0.1) is 11.8 Å². The molecule has 3 heteroatoms. The van der Waals surface area contributed by atoms with Crippen LogP contribution in [0.1, 0.15) is 18.1 Å². The second-order valence-electron chi connectivity index (χ2n) is 4.78. The molecule has 22 heavy (non-hydrogen) atoms. The van der Waals surface area contributed by atoms with Crippen LogP contribution in [0, 0.1) is 5.82 Å². The summed E-state index contributed by atoms with van der Waals surface area (Å²) in [4.78, 5) is 13.3. The van der Waals surface area contributed by atoms with E-state index in [9.17, 15) is 9.18 Å². The van der Waals surface area contributed by atoms with Gasteiger partial charge in [-0.2, -0.15) is 0 Å². The highest BCUT2D eigenvalue weighted by Crippen LogP contribution is 2.29. The highest BCUT2D eigenvalue weighted by Gasteiger charge is 2.14. The molecule has 0 unspecified atom stereocenters. The van der Waals surface area contributed by atoms with E-state index in [-0.39, 0.29) is 11.6 Å². The van der Waals surface area contributed by atoms with Gasteiger partial charge in [0.2, 0.25) is 0 Å². The molecule has 0 radical (unpaired) electrons. The number of rotatable bonds is 5. The molecule has 0 amide bonds. The molecule has 0 saturated heterocycles. The van der Waals surface area contributed by atoms with Crippen molar-refractivity contribution in [3.05, 3.63) is 78.1 Å². The number of thioether (sulfide) groups is 1. The average molecular weight is 312 g/mol. The summed E-state index contributed by atoms with van der Waals surface area (Å²) in [6.45, 7) is 5.35. The molecule has 0 atom stereocenters. The third kappa shape index (κ3) is 3.55. The van der Waals surface area contributed by atoms with Gasteiger partial charge in [-0.1, -0.05) is 36.9 Å². The van der Waals surface area contributed by atoms with Crippen LogP contribution < -0.4 is 0 Å². The summed E-state index contributed by atoms with van der Waals surface area (Å²) in [5.74, 6) is -0.397. The Labute approximate surface area is 134 Å². The number of hydrogen-bond donors (Lipinski definition) is 0. The number of hydrogen-bond acceptors (Lipinski definition) is 2. The van der Waals surface area contributed by atoms with Crippen LogP contribution in [0.25, 0.3) is 11.1 Å². The van der Waals surface area contributed by atoms with Crippen LogP contribution in [-0.4, -0.2) is 12.0 Å². The van der Waals surface area contributed by atoms with Crippen molar-refractivity contribution in [1.29, 1.82) is 0 Å². The van der Waals surface area contributed by atoms with Crippen LogP contribution in [0.4, 0.5) is 4.39 Å². The summed E-state index contributed by atoms with van der Waals surface area (Å²) in [6.07, 6.45) is 3.69. The van der Waals surface area contributed by atoms with Crippen LogP contribution in [0.5, 0.6) is 0 Å². The maximum atomic E-state index is 13.1. The van der Waals surface area contributed by atoms with E-state index in [0.29, 0.717) is 11.1 Å². The largest absolute Gasteiger partial charge is 0.294 e. The van der Waals surface area contributed by atoms with Crippen molar-refractivity contribution in [2.45, 2.75) is 11.8 Å². The van der Waals surface area contributed by atoms with Crippen molar-refractivity contribution < 1.29 is 9.18 Å². The number of allylic oxidation sites excluding steroid dienone is 3. The van der Waals surface area contributed by atoms with E-state index in [1.54, 1.807) is 30.0 Å². The van der Waals surface area contributed by atoms with E-state index in [1.807, 2.05) is 30.5 Å². The second kappa shape index (κ2) is 7.23. The van der Waals surface area contributed by atoms with Gasteiger partial charge in [0, 0.05) is 10.5 Å². The first-order valence-electron chi connectivity index (χ1n) is 6.85. The Morgan fingerprint density at radius 2 is 1.59 bits per heavy atom. The highest BCUT2D eigenvalue weighted by atomic mass is 32.2. The van der Waals surface area contributed by atoms with Gasteiger partial charge in [-0.25, -0.2) is 4.39 Å². The molecular formula is C19H17FOS. The third-order valence-electron chi connectivity index (χ3n) is 3.36. The molecule has 2 aromatic carbocycles. The lowest BCUT2D eigenvalue weighted by Crippen LogP contribution is -2.00. The Balaban J connectivity index is 2.61. The van der Waals surface area contributed by atoms with Gasteiger partial charge < -0.3 is 0 Å². The third-order valence-corrected chi connectivity index (χ3v) is 4.10. The Morgan fingerprint density at radius 1 is 1.05 bits per heavy atom. The molecule has 0 aliphatic carbocycles. The molecule has 0 heterocycles. The smallest absolute Gasteiger partial charge is 0.161 e. The zero-order chi connectivity index (χ0) is 16.1. The van der Waals surface area contributed by atoms with Crippen LogP contribution in [-0.2, 0) is 4.79 Å². The van der Waals surface area contributed by atoms with Crippen molar-refractivity contribution in [2.24, 2.45) is 0 Å². The Hall–Kier alpha value is -2.13. The number of ketones is 1. The van der Waals surface area contributed by atoms with Crippen LogP contribution in [0.15, 0.2) is 66.1 Å². The lowest BCUT2D eigenvalue weighted by molar-refractivity contribution is -0.111. The molecule has 0 saturated carbocycles. The molecule has 1 nitrogen and oxygen atoms in total. The Morgan fingerprint density at radius 3 is 2.05 bits per heavy atom. The first-order chi connectivity index (χ1) is 10.6. The first kappa shape index (κ1) is 16.2. The van der Waals surface area contributed by atoms with E-state index >= 15 is 0 Å². The summed E-state index contributed by atoms with van der Waals surface area (Å²) in [5.41, 5.74) is 2.92. The van der Waals surface area contributed by atoms with Crippen molar-refractivity contribution >= 4 is 28.7 Å². The van der Waals surface area contributed by atoms with Gasteiger partial charge in [-0.05, 0) is 54.1 Å². The molecule has 0 spiro atoms. The van der Waals surface area contributed by atoms with Gasteiger partial charge in [0.05, 0.1) is 0 Å². The van der Waals surface area contributed by atoms with E-state index in [4.69, 9.17) is 0 Å². The minimum atomic E-state index is -0.323. The maximum absolute atomic E-state index is 13.1. The predicted octanol–water partition coefficient (Wildman–Crippen LogP) is 5.23. The molecule has 2 rings (SSSR count). The lowest BCUT2D eigenvalue weighted by Gasteiger charge is -2.11. The summed E-state index contributed by atoms with van der Waals surface area (Å²) in [5, 5.41) is 0. The van der Waals surface area contributed by atoms with Gasteiger partial charge in [0.1, 0.15) is 5.82 Å². The fraction of sp³-hybridized carbons (Fsp3) is 0.105. The van der Waals surface area contributed by atoms with E-state index < -0.39 is 0 Å². The normalized spacial score (nSPS) is 11.8. The molecule has 112 valence electrons. The topological polar surface area (TPSA) is 17.1 Å². The first-order valence-corrected chi connectivity index (χ1v) is 8.07. The monoisotopic (exact) mass is 312 g/mol. The molecular weight excluding hydrogens is 295 g/mol.